The summed E-state index contributed by atoms with van der Waals surface area (Å²) in [6, 6.07) is 0. The summed E-state index contributed by atoms with van der Waals surface area (Å²) in [5.41, 5.74) is 0.409. The van der Waals surface area contributed by atoms with Gasteiger partial charge in [-0.05, 0) is 92.8 Å². The molecule has 0 amide bonds. The first-order valence-corrected chi connectivity index (χ1v) is 14.0. The molecule has 5 aliphatic rings. The Labute approximate surface area is 211 Å². The van der Waals surface area contributed by atoms with Crippen molar-refractivity contribution >= 4 is 5.78 Å². The van der Waals surface area contributed by atoms with Crippen molar-refractivity contribution in [3.8, 4) is 0 Å². The van der Waals surface area contributed by atoms with Crippen LogP contribution in [0, 0.1) is 45.3 Å². The van der Waals surface area contributed by atoms with E-state index in [2.05, 4.69) is 40.7 Å². The minimum Gasteiger partial charge on any atom is -0.388 e. The maximum atomic E-state index is 12.8. The van der Waals surface area contributed by atoms with Gasteiger partial charge in [-0.1, -0.05) is 46.3 Å². The highest BCUT2D eigenvalue weighted by Crippen LogP contribution is 2.73. The number of rotatable bonds is 3. The largest absolute Gasteiger partial charge is 0.388 e. The third kappa shape index (κ3) is 3.43. The molecule has 3 saturated carbocycles. The van der Waals surface area contributed by atoms with Gasteiger partial charge in [0.25, 0.3) is 0 Å². The molecule has 35 heavy (non-hydrogen) atoms. The van der Waals surface area contributed by atoms with Crippen LogP contribution < -0.4 is 0 Å². The molecule has 0 unspecified atom stereocenters. The summed E-state index contributed by atoms with van der Waals surface area (Å²) < 4.78 is 5.86. The Morgan fingerprint density at radius 2 is 1.77 bits per heavy atom. The van der Waals surface area contributed by atoms with E-state index < -0.39 is 24.1 Å². The fourth-order valence-electron chi connectivity index (χ4n) is 9.98. The van der Waals surface area contributed by atoms with Crippen molar-refractivity contribution in [3.63, 3.8) is 0 Å². The molecule has 0 bridgehead atoms. The zero-order valence-electron chi connectivity index (χ0n) is 22.9. The van der Waals surface area contributed by atoms with Gasteiger partial charge in [0.05, 0.1) is 11.7 Å². The Hall–Kier alpha value is -0.750. The van der Waals surface area contributed by atoms with E-state index in [0.717, 1.165) is 38.5 Å². The van der Waals surface area contributed by atoms with Gasteiger partial charge >= 0.3 is 0 Å². The number of aliphatic hydroxyl groups is 3. The van der Waals surface area contributed by atoms with E-state index in [9.17, 15) is 20.1 Å². The molecule has 5 nitrogen and oxygen atoms in total. The predicted molar refractivity (Wildman–Crippen MR) is 135 cm³/mol. The van der Waals surface area contributed by atoms with Gasteiger partial charge in [0.15, 0.2) is 6.29 Å². The highest BCUT2D eigenvalue weighted by atomic mass is 16.6. The summed E-state index contributed by atoms with van der Waals surface area (Å²) in [6.45, 7) is 14.9. The lowest BCUT2D eigenvalue weighted by atomic mass is 9.41. The van der Waals surface area contributed by atoms with Crippen molar-refractivity contribution in [1.29, 1.82) is 0 Å². The van der Waals surface area contributed by atoms with Crippen LogP contribution in [0.1, 0.15) is 99.8 Å². The lowest BCUT2D eigenvalue weighted by molar-refractivity contribution is -0.172. The first-order chi connectivity index (χ1) is 16.1. The van der Waals surface area contributed by atoms with E-state index in [1.165, 1.54) is 0 Å². The molecule has 198 valence electrons. The van der Waals surface area contributed by atoms with Crippen molar-refractivity contribution in [2.24, 2.45) is 45.3 Å². The molecule has 5 rings (SSSR count). The van der Waals surface area contributed by atoms with Crippen LogP contribution in [0.2, 0.25) is 0 Å². The molecular formula is C30H48O5. The molecule has 0 radical (unpaired) electrons. The van der Waals surface area contributed by atoms with Crippen LogP contribution in [-0.4, -0.2) is 45.2 Å². The normalized spacial score (nSPS) is 50.2. The van der Waals surface area contributed by atoms with E-state index in [4.69, 9.17) is 4.74 Å². The van der Waals surface area contributed by atoms with Gasteiger partial charge in [-0.15, -0.1) is 0 Å². The monoisotopic (exact) mass is 488 g/mol. The highest BCUT2D eigenvalue weighted by molar-refractivity contribution is 5.85. The van der Waals surface area contributed by atoms with Gasteiger partial charge in [0.1, 0.15) is 11.9 Å². The number of hydrogen-bond acceptors (Lipinski definition) is 5. The third-order valence-corrected chi connectivity index (χ3v) is 12.4. The molecule has 0 spiro atoms. The van der Waals surface area contributed by atoms with Crippen molar-refractivity contribution < 1.29 is 24.9 Å². The van der Waals surface area contributed by atoms with Crippen molar-refractivity contribution in [2.75, 3.05) is 0 Å². The zero-order chi connectivity index (χ0) is 25.8. The van der Waals surface area contributed by atoms with E-state index >= 15 is 0 Å². The molecule has 0 aromatic heterocycles. The maximum Gasteiger partial charge on any atom is 0.158 e. The van der Waals surface area contributed by atoms with Gasteiger partial charge in [0.2, 0.25) is 0 Å². The molecule has 1 heterocycles. The van der Waals surface area contributed by atoms with Crippen LogP contribution in [-0.2, 0) is 9.53 Å². The van der Waals surface area contributed by atoms with E-state index in [1.807, 2.05) is 0 Å². The fraction of sp³-hybridized carbons (Fsp3) is 0.900. The van der Waals surface area contributed by atoms with Crippen LogP contribution in [0.4, 0.5) is 0 Å². The van der Waals surface area contributed by atoms with Crippen LogP contribution >= 0.6 is 0 Å². The molecule has 4 aliphatic carbocycles. The first kappa shape index (κ1) is 25.9. The molecule has 1 saturated heterocycles. The average Bonchev–Trinajstić information content (AvgIpc) is 3.26. The van der Waals surface area contributed by atoms with Crippen LogP contribution in [0.25, 0.3) is 0 Å². The topological polar surface area (TPSA) is 87.0 Å². The smallest absolute Gasteiger partial charge is 0.158 e. The number of carbonyl (C=O) groups is 1. The third-order valence-electron chi connectivity index (χ3n) is 12.4. The lowest BCUT2D eigenvalue weighted by Crippen LogP contribution is -2.57. The van der Waals surface area contributed by atoms with Crippen LogP contribution in [0.15, 0.2) is 11.6 Å². The molecule has 3 N–H and O–H groups in total. The standard InChI is InChI=1S/C30H48O5/c1-26(2)22-9-8-20-19(28(22,5)13-12-23(26)31)11-15-29(6)18(10-14-30(20,29)7)17-16-21(35-25(17)33)24(32)27(3,4)34/h8,17-19,21-22,24-25,32-34H,9-16H2,1-7H3/t17-,18-,19+,21+,22-,24-,25+,28+,29-,30+/m0/s1. The second-order valence-corrected chi connectivity index (χ2v) is 14.6. The Morgan fingerprint density at radius 1 is 1.09 bits per heavy atom. The molecule has 10 atom stereocenters. The fourth-order valence-corrected chi connectivity index (χ4v) is 9.98. The van der Waals surface area contributed by atoms with Crippen molar-refractivity contribution in [3.05, 3.63) is 11.6 Å². The zero-order valence-corrected chi connectivity index (χ0v) is 22.9. The Bertz CT molecular complexity index is 916. The van der Waals surface area contributed by atoms with Gasteiger partial charge in [0, 0.05) is 17.8 Å². The number of aliphatic hydroxyl groups excluding tert-OH is 2. The molecule has 0 aromatic carbocycles. The number of hydrogen-bond donors (Lipinski definition) is 3. The van der Waals surface area contributed by atoms with Crippen LogP contribution in [0.5, 0.6) is 0 Å². The van der Waals surface area contributed by atoms with E-state index in [0.29, 0.717) is 36.4 Å². The molecule has 1 aliphatic heterocycles. The number of carbonyl (C=O) groups excluding carboxylic acids is 1. The summed E-state index contributed by atoms with van der Waals surface area (Å²) in [5.74, 6) is 1.66. The average molecular weight is 489 g/mol. The highest BCUT2D eigenvalue weighted by Gasteiger charge is 2.66. The lowest BCUT2D eigenvalue weighted by Gasteiger charge is -2.63. The number of allylic oxidation sites excluding steroid dienone is 2. The predicted octanol–water partition coefficient (Wildman–Crippen LogP) is 5.02. The summed E-state index contributed by atoms with van der Waals surface area (Å²) in [4.78, 5) is 12.8. The molecular weight excluding hydrogens is 440 g/mol. The quantitative estimate of drug-likeness (QED) is 0.486. The number of Topliss-reactive ketones (excluding diaryl/α,β-unsaturated/α-hetero) is 1. The Morgan fingerprint density at radius 3 is 2.43 bits per heavy atom. The Balaban J connectivity index is 1.44. The van der Waals surface area contributed by atoms with Gasteiger partial charge in [-0.3, -0.25) is 4.79 Å². The number of ether oxygens (including phenoxy) is 1. The molecule has 5 heteroatoms. The minimum absolute atomic E-state index is 0.0286. The van der Waals surface area contributed by atoms with Gasteiger partial charge in [-0.2, -0.15) is 0 Å². The number of ketones is 1. The van der Waals surface area contributed by atoms with Gasteiger partial charge < -0.3 is 20.1 Å². The van der Waals surface area contributed by atoms with E-state index in [1.54, 1.807) is 19.4 Å². The molecule has 4 fully saturated rings. The molecule has 0 aromatic rings. The second-order valence-electron chi connectivity index (χ2n) is 14.6. The van der Waals surface area contributed by atoms with Crippen molar-refractivity contribution in [2.45, 2.75) is 124 Å². The summed E-state index contributed by atoms with van der Waals surface area (Å²) in [7, 11) is 0. The summed E-state index contributed by atoms with van der Waals surface area (Å²) in [5, 5.41) is 31.9. The second kappa shape index (κ2) is 7.88. The summed E-state index contributed by atoms with van der Waals surface area (Å²) >= 11 is 0. The SMILES string of the molecule is CC(C)(O)[C@@H](O)[C@H]1C[C@@H]([C@@H]2CC[C@]3(C)C4=CC[C@H]5C(C)(C)C(=O)CC[C@]5(C)[C@@H]4CC[C@@]23C)[C@H](O)O1. The van der Waals surface area contributed by atoms with E-state index in [-0.39, 0.29) is 27.6 Å². The van der Waals surface area contributed by atoms with Gasteiger partial charge in [-0.25, -0.2) is 0 Å². The Kier molecular flexibility index (Phi) is 5.83. The summed E-state index contributed by atoms with van der Waals surface area (Å²) in [6.07, 6.45) is 7.78. The van der Waals surface area contributed by atoms with Crippen molar-refractivity contribution in [1.82, 2.24) is 0 Å². The van der Waals surface area contributed by atoms with Crippen LogP contribution in [0.3, 0.4) is 0 Å². The maximum absolute atomic E-state index is 12.8. The minimum atomic E-state index is -1.26. The first-order valence-electron chi connectivity index (χ1n) is 14.0. The number of fused-ring (bicyclic) bond motifs is 5.